The van der Waals surface area contributed by atoms with E-state index >= 15 is 0 Å². The minimum absolute atomic E-state index is 0.595. The average molecular weight is 582 g/mol. The molecule has 0 unspecified atom stereocenters. The van der Waals surface area contributed by atoms with Crippen LogP contribution >= 0.6 is 0 Å². The zero-order chi connectivity index (χ0) is 22.2. The van der Waals surface area contributed by atoms with Crippen LogP contribution in [-0.4, -0.2) is 39.5 Å². The molecule has 0 radical (unpaired) electrons. The molecule has 0 spiro atoms. The summed E-state index contributed by atoms with van der Waals surface area (Å²) in [4.78, 5) is 0. The van der Waals surface area contributed by atoms with Crippen LogP contribution in [-0.2, 0) is 0 Å². The first-order valence-corrected chi connectivity index (χ1v) is 20.6. The van der Waals surface area contributed by atoms with E-state index in [-0.39, 0.29) is 0 Å². The Balaban J connectivity index is 0. The van der Waals surface area contributed by atoms with Gasteiger partial charge < -0.3 is 0 Å². The van der Waals surface area contributed by atoms with Gasteiger partial charge in [-0.1, -0.05) is 0 Å². The van der Waals surface area contributed by atoms with E-state index in [0.717, 1.165) is 0 Å². The van der Waals surface area contributed by atoms with Crippen LogP contribution in [0.1, 0.15) is 125 Å². The topological polar surface area (TPSA) is 0 Å². The second-order valence-electron chi connectivity index (χ2n) is 15.1. The molecule has 0 nitrogen and oxygen atoms in total. The molecule has 0 saturated carbocycles. The first-order chi connectivity index (χ1) is 10.7. The van der Waals surface area contributed by atoms with Crippen molar-refractivity contribution in [3.8, 4) is 0 Å². The molecule has 0 bridgehead atoms. The van der Waals surface area contributed by atoms with Crippen LogP contribution < -0.4 is 0 Å². The second kappa shape index (κ2) is 9.17. The van der Waals surface area contributed by atoms with E-state index in [0.29, 0.717) is 20.6 Å². The summed E-state index contributed by atoms with van der Waals surface area (Å²) in [6.07, 6.45) is 0. The Morgan fingerprint density at radius 1 is 0.231 bits per heavy atom. The van der Waals surface area contributed by atoms with E-state index in [1.165, 1.54) is 0 Å². The van der Waals surface area contributed by atoms with Gasteiger partial charge in [-0.3, -0.25) is 0 Å². The zero-order valence-electron chi connectivity index (χ0n) is 22.2. The van der Waals surface area contributed by atoms with Crippen molar-refractivity contribution < 1.29 is 0 Å². The summed E-state index contributed by atoms with van der Waals surface area (Å²) in [5, 5.41) is 0. The fourth-order valence-electron chi connectivity index (χ4n) is 7.79. The van der Waals surface area contributed by atoms with E-state index in [9.17, 15) is 0 Å². The van der Waals surface area contributed by atoms with Crippen LogP contribution in [0.4, 0.5) is 0 Å². The predicted octanol–water partition coefficient (Wildman–Crippen LogP) is 9.23. The quantitative estimate of drug-likeness (QED) is 0.250. The molecular weight excluding hydrogens is 526 g/mol. The van der Waals surface area contributed by atoms with Gasteiger partial charge in [0.05, 0.1) is 0 Å². The van der Waals surface area contributed by atoms with Crippen molar-refractivity contribution in [3.05, 3.63) is 0 Å². The molecule has 0 aromatic heterocycles. The summed E-state index contributed by atoms with van der Waals surface area (Å²) >= 11 is -3.16. The van der Waals surface area contributed by atoms with Crippen molar-refractivity contribution in [1.82, 2.24) is 0 Å². The fourth-order valence-corrected chi connectivity index (χ4v) is 52.3. The summed E-state index contributed by atoms with van der Waals surface area (Å²) in [6, 6.07) is 0. The molecule has 0 atom stereocenters. The van der Waals surface area contributed by atoms with Gasteiger partial charge in [-0.25, -0.2) is 0 Å². The van der Waals surface area contributed by atoms with Gasteiger partial charge in [0.25, 0.3) is 0 Å². The summed E-state index contributed by atoms with van der Waals surface area (Å²) < 4.78 is 3.57. The molecule has 0 fully saturated rings. The van der Waals surface area contributed by atoms with Gasteiger partial charge in [-0.2, -0.15) is 0 Å². The zero-order valence-corrected chi connectivity index (χ0v) is 28.7. The molecule has 0 amide bonds. The summed E-state index contributed by atoms with van der Waals surface area (Å²) in [5.41, 5.74) is 0. The first-order valence-electron chi connectivity index (χ1n) is 10.7. The van der Waals surface area contributed by atoms with E-state index in [4.69, 9.17) is 0 Å². The van der Waals surface area contributed by atoms with Gasteiger partial charge in [-0.05, 0) is 0 Å². The molecule has 26 heavy (non-hydrogen) atoms. The van der Waals surface area contributed by atoms with Crippen LogP contribution in [0.15, 0.2) is 0 Å². The Morgan fingerprint density at radius 3 is 0.308 bits per heavy atom. The van der Waals surface area contributed by atoms with Crippen LogP contribution in [0.2, 0.25) is 20.6 Å². The third-order valence-electron chi connectivity index (χ3n) is 5.20. The van der Waals surface area contributed by atoms with E-state index < -0.39 is 39.5 Å². The molecule has 0 aliphatic rings. The monoisotopic (exact) mass is 584 g/mol. The van der Waals surface area contributed by atoms with Crippen molar-refractivity contribution in [3.63, 3.8) is 0 Å². The Labute approximate surface area is 183 Å². The van der Waals surface area contributed by atoms with Crippen LogP contribution in [0.3, 0.4) is 0 Å². The number of rotatable bonds is 0. The fraction of sp³-hybridized carbons (Fsp3) is 1.00. The SMILES string of the molecule is C[C](C)(C)[SnH]([C](C)(C)C)[C](C)(C)C.C[C](C)(C)[SnH]([C](C)(C)C)[C](C)(C)C. The van der Waals surface area contributed by atoms with Crippen LogP contribution in [0.5, 0.6) is 0 Å². The van der Waals surface area contributed by atoms with E-state index in [1.807, 2.05) is 0 Å². The Kier molecular flexibility index (Phi) is 10.5. The summed E-state index contributed by atoms with van der Waals surface area (Å²) in [6.45, 7) is 44.1. The second-order valence-corrected chi connectivity index (χ2v) is 49.7. The molecule has 160 valence electrons. The van der Waals surface area contributed by atoms with Crippen molar-refractivity contribution in [2.45, 2.75) is 145 Å². The van der Waals surface area contributed by atoms with E-state index in [1.54, 1.807) is 0 Å². The molecule has 0 heterocycles. The Hall–Kier alpha value is 1.60. The van der Waals surface area contributed by atoms with E-state index in [2.05, 4.69) is 125 Å². The molecule has 0 rings (SSSR count). The molecule has 0 aromatic carbocycles. The standard InChI is InChI=1S/6C4H9.2Sn.2H/c6*1-4(2)3;;;;/h6*1-3H3;;;;. The summed E-state index contributed by atoms with van der Waals surface area (Å²) in [7, 11) is 0. The normalized spacial score (nSPS) is 15.2. The molecule has 0 aliphatic heterocycles. The molecule has 0 N–H and O–H groups in total. The van der Waals surface area contributed by atoms with Gasteiger partial charge in [0, 0.05) is 0 Å². The molecule has 0 saturated heterocycles. The van der Waals surface area contributed by atoms with Crippen molar-refractivity contribution in [2.24, 2.45) is 0 Å². The Morgan fingerprint density at radius 2 is 0.308 bits per heavy atom. The Bertz CT molecular complexity index is 297. The minimum atomic E-state index is -1.58. The van der Waals surface area contributed by atoms with Gasteiger partial charge in [0.1, 0.15) is 0 Å². The number of hydrogen-bond acceptors (Lipinski definition) is 0. The third-order valence-corrected chi connectivity index (χ3v) is 34.9. The maximum absolute atomic E-state index is 2.45. The van der Waals surface area contributed by atoms with Gasteiger partial charge in [0.2, 0.25) is 0 Å². The van der Waals surface area contributed by atoms with Crippen molar-refractivity contribution >= 4 is 39.5 Å². The first kappa shape index (κ1) is 29.8. The van der Waals surface area contributed by atoms with Gasteiger partial charge in [0.15, 0.2) is 0 Å². The predicted molar refractivity (Wildman–Crippen MR) is 133 cm³/mol. The molecule has 2 heteroatoms. The third kappa shape index (κ3) is 11.0. The van der Waals surface area contributed by atoms with Crippen LogP contribution in [0.25, 0.3) is 0 Å². The van der Waals surface area contributed by atoms with Crippen molar-refractivity contribution in [2.75, 3.05) is 0 Å². The maximum atomic E-state index is 2.45. The van der Waals surface area contributed by atoms with Crippen molar-refractivity contribution in [1.29, 1.82) is 0 Å². The summed E-state index contributed by atoms with van der Waals surface area (Å²) in [5.74, 6) is 0. The molecule has 0 aromatic rings. The van der Waals surface area contributed by atoms with Gasteiger partial charge >= 0.3 is 185 Å². The number of hydrogen-bond donors (Lipinski definition) is 0. The van der Waals surface area contributed by atoms with Crippen LogP contribution in [0, 0.1) is 0 Å². The van der Waals surface area contributed by atoms with Gasteiger partial charge in [-0.15, -0.1) is 0 Å². The average Bonchev–Trinajstić information content (AvgIpc) is 1.97. The molecule has 0 aliphatic carbocycles. The molecular formula is C24H56Sn2.